The summed E-state index contributed by atoms with van der Waals surface area (Å²) in [6, 6.07) is 9.50. The Hall–Kier alpha value is -3.13. The van der Waals surface area contributed by atoms with Gasteiger partial charge in [-0.05, 0) is 42.5 Å². The highest BCUT2D eigenvalue weighted by atomic mass is 35.5. The van der Waals surface area contributed by atoms with Crippen molar-refractivity contribution in [2.45, 2.75) is 0 Å². The molecule has 0 aliphatic carbocycles. The number of nitrogen functional groups attached to an aromatic ring is 1. The summed E-state index contributed by atoms with van der Waals surface area (Å²) in [5, 5.41) is 2.82. The van der Waals surface area contributed by atoms with Crippen molar-refractivity contribution in [2.75, 3.05) is 31.2 Å². The van der Waals surface area contributed by atoms with Crippen LogP contribution < -0.4 is 11.1 Å². The van der Waals surface area contributed by atoms with Crippen LogP contribution in [0.4, 0.5) is 15.8 Å². The fraction of sp³-hybridized carbons (Fsp3) is 0.167. The lowest BCUT2D eigenvalue weighted by Crippen LogP contribution is -2.37. The van der Waals surface area contributed by atoms with Crippen LogP contribution in [0.3, 0.4) is 0 Å². The van der Waals surface area contributed by atoms with E-state index in [1.165, 1.54) is 49.5 Å². The Morgan fingerprint density at radius 3 is 2.52 bits per heavy atom. The summed E-state index contributed by atoms with van der Waals surface area (Å²) in [6.45, 7) is -0.835. The Morgan fingerprint density at radius 1 is 1.19 bits per heavy atom. The molecule has 0 fully saturated rings. The van der Waals surface area contributed by atoms with E-state index in [-0.39, 0.29) is 17.8 Å². The highest BCUT2D eigenvalue weighted by Crippen LogP contribution is 2.18. The maximum atomic E-state index is 12.8. The lowest BCUT2D eigenvalue weighted by molar-refractivity contribution is -0.136. The standard InChI is InChI=1S/C18H17ClFN3O4/c1-23(9-16(24)22-13-5-3-12(20)4-6-13)17(25)10-27-18(26)14-8-11(19)2-7-15(14)21/h2-8H,9-10,21H2,1H3,(H,22,24). The molecule has 0 aliphatic rings. The number of carbonyl (C=O) groups excluding carboxylic acids is 3. The second-order valence-corrected chi connectivity index (χ2v) is 6.05. The predicted molar refractivity (Wildman–Crippen MR) is 98.8 cm³/mol. The largest absolute Gasteiger partial charge is 0.452 e. The van der Waals surface area contributed by atoms with Gasteiger partial charge in [0, 0.05) is 23.4 Å². The smallest absolute Gasteiger partial charge is 0.340 e. The number of nitrogens with one attached hydrogen (secondary N) is 1. The number of esters is 1. The molecule has 0 atom stereocenters. The molecule has 3 N–H and O–H groups in total. The number of nitrogens with zero attached hydrogens (tertiary/aromatic N) is 1. The normalized spacial score (nSPS) is 10.2. The van der Waals surface area contributed by atoms with E-state index < -0.39 is 30.2 Å². The number of amides is 2. The van der Waals surface area contributed by atoms with Crippen molar-refractivity contribution in [3.8, 4) is 0 Å². The minimum Gasteiger partial charge on any atom is -0.452 e. The third kappa shape index (κ3) is 5.96. The van der Waals surface area contributed by atoms with Crippen LogP contribution in [0.25, 0.3) is 0 Å². The van der Waals surface area contributed by atoms with Gasteiger partial charge < -0.3 is 20.7 Å². The van der Waals surface area contributed by atoms with Gasteiger partial charge in [0.15, 0.2) is 6.61 Å². The average Bonchev–Trinajstić information content (AvgIpc) is 2.63. The average molecular weight is 394 g/mol. The summed E-state index contributed by atoms with van der Waals surface area (Å²) in [5.41, 5.74) is 6.29. The fourth-order valence-electron chi connectivity index (χ4n) is 2.06. The Balaban J connectivity index is 1.84. The molecule has 27 heavy (non-hydrogen) atoms. The van der Waals surface area contributed by atoms with Crippen LogP contribution in [0, 0.1) is 5.82 Å². The first-order valence-electron chi connectivity index (χ1n) is 7.78. The maximum Gasteiger partial charge on any atom is 0.340 e. The molecule has 7 nitrogen and oxygen atoms in total. The molecule has 2 aromatic carbocycles. The maximum absolute atomic E-state index is 12.8. The first-order valence-corrected chi connectivity index (χ1v) is 8.15. The minimum absolute atomic E-state index is 0.0482. The highest BCUT2D eigenvalue weighted by Gasteiger charge is 2.17. The number of hydrogen-bond acceptors (Lipinski definition) is 5. The van der Waals surface area contributed by atoms with Gasteiger partial charge in [-0.3, -0.25) is 9.59 Å². The number of likely N-dealkylation sites (N-methyl/N-ethyl adjacent to an activating group) is 1. The van der Waals surface area contributed by atoms with Crippen LogP contribution in [0.15, 0.2) is 42.5 Å². The second-order valence-electron chi connectivity index (χ2n) is 5.61. The quantitative estimate of drug-likeness (QED) is 0.579. The summed E-state index contributed by atoms with van der Waals surface area (Å²) in [4.78, 5) is 37.0. The SMILES string of the molecule is CN(CC(=O)Nc1ccc(F)cc1)C(=O)COC(=O)c1cc(Cl)ccc1N. The van der Waals surface area contributed by atoms with Crippen LogP contribution >= 0.6 is 11.6 Å². The summed E-state index contributed by atoms with van der Waals surface area (Å²) < 4.78 is 17.8. The predicted octanol–water partition coefficient (Wildman–Crippen LogP) is 2.32. The van der Waals surface area contributed by atoms with E-state index in [1.54, 1.807) is 0 Å². The van der Waals surface area contributed by atoms with Gasteiger partial charge in [0.05, 0.1) is 12.1 Å². The molecule has 2 rings (SSSR count). The number of carbonyl (C=O) groups is 3. The molecule has 142 valence electrons. The van der Waals surface area contributed by atoms with E-state index in [0.29, 0.717) is 10.7 Å². The number of anilines is 2. The molecule has 2 amide bonds. The van der Waals surface area contributed by atoms with Crippen molar-refractivity contribution >= 4 is 40.8 Å². The van der Waals surface area contributed by atoms with Gasteiger partial charge in [0.1, 0.15) is 5.82 Å². The van der Waals surface area contributed by atoms with Gasteiger partial charge in [-0.1, -0.05) is 11.6 Å². The lowest BCUT2D eigenvalue weighted by Gasteiger charge is -2.17. The molecular formula is C18H17ClFN3O4. The topological polar surface area (TPSA) is 102 Å². The zero-order chi connectivity index (χ0) is 20.0. The Morgan fingerprint density at radius 2 is 1.85 bits per heavy atom. The highest BCUT2D eigenvalue weighted by molar-refractivity contribution is 6.31. The van der Waals surface area contributed by atoms with E-state index in [9.17, 15) is 18.8 Å². The number of rotatable bonds is 6. The summed E-state index contributed by atoms with van der Waals surface area (Å²) >= 11 is 5.80. The van der Waals surface area contributed by atoms with Gasteiger partial charge >= 0.3 is 5.97 Å². The van der Waals surface area contributed by atoms with Crippen LogP contribution in [-0.2, 0) is 14.3 Å². The molecule has 0 radical (unpaired) electrons. The zero-order valence-corrected chi connectivity index (χ0v) is 15.1. The zero-order valence-electron chi connectivity index (χ0n) is 14.4. The third-order valence-corrected chi connectivity index (χ3v) is 3.73. The summed E-state index contributed by atoms with van der Waals surface area (Å²) in [7, 11) is 1.38. The molecule has 0 unspecified atom stereocenters. The van der Waals surface area contributed by atoms with Gasteiger partial charge in [-0.15, -0.1) is 0 Å². The number of ether oxygens (including phenoxy) is 1. The minimum atomic E-state index is -0.799. The Bertz CT molecular complexity index is 858. The van der Waals surface area contributed by atoms with E-state index in [1.807, 2.05) is 0 Å². The van der Waals surface area contributed by atoms with Crippen LogP contribution in [0.5, 0.6) is 0 Å². The fourth-order valence-corrected chi connectivity index (χ4v) is 2.23. The summed E-state index contributed by atoms with van der Waals surface area (Å²) in [5.74, 6) is -2.30. The first kappa shape index (κ1) is 20.2. The molecule has 0 saturated carbocycles. The van der Waals surface area contributed by atoms with E-state index in [4.69, 9.17) is 22.1 Å². The molecule has 0 aliphatic heterocycles. The van der Waals surface area contributed by atoms with Crippen molar-refractivity contribution in [1.82, 2.24) is 4.90 Å². The van der Waals surface area contributed by atoms with E-state index in [2.05, 4.69) is 5.32 Å². The number of nitrogens with two attached hydrogens (primary N) is 1. The number of hydrogen-bond donors (Lipinski definition) is 2. The van der Waals surface area contributed by atoms with Crippen molar-refractivity contribution in [3.63, 3.8) is 0 Å². The third-order valence-electron chi connectivity index (χ3n) is 3.50. The van der Waals surface area contributed by atoms with Gasteiger partial charge in [-0.2, -0.15) is 0 Å². The molecule has 0 spiro atoms. The van der Waals surface area contributed by atoms with Crippen molar-refractivity contribution in [2.24, 2.45) is 0 Å². The van der Waals surface area contributed by atoms with Gasteiger partial charge in [0.25, 0.3) is 5.91 Å². The van der Waals surface area contributed by atoms with Gasteiger partial charge in [0.2, 0.25) is 5.91 Å². The van der Waals surface area contributed by atoms with Crippen molar-refractivity contribution in [1.29, 1.82) is 0 Å². The Labute approximate surface area is 159 Å². The molecule has 2 aromatic rings. The summed E-state index contributed by atoms with van der Waals surface area (Å²) in [6.07, 6.45) is 0. The number of benzene rings is 2. The van der Waals surface area contributed by atoms with Crippen LogP contribution in [0.2, 0.25) is 5.02 Å². The Kier molecular flexibility index (Phi) is 6.73. The molecule has 0 heterocycles. The van der Waals surface area contributed by atoms with Crippen molar-refractivity contribution < 1.29 is 23.5 Å². The molecule has 0 aromatic heterocycles. The van der Waals surface area contributed by atoms with Crippen LogP contribution in [0.1, 0.15) is 10.4 Å². The molecule has 0 saturated heterocycles. The van der Waals surface area contributed by atoms with Crippen LogP contribution in [-0.4, -0.2) is 42.9 Å². The monoisotopic (exact) mass is 393 g/mol. The molecule has 0 bridgehead atoms. The van der Waals surface area contributed by atoms with Crippen molar-refractivity contribution in [3.05, 3.63) is 58.9 Å². The molecular weight excluding hydrogens is 377 g/mol. The van der Waals surface area contributed by atoms with Gasteiger partial charge in [-0.25, -0.2) is 9.18 Å². The molecule has 9 heteroatoms. The van der Waals surface area contributed by atoms with E-state index >= 15 is 0 Å². The lowest BCUT2D eigenvalue weighted by atomic mass is 10.2. The second kappa shape index (κ2) is 9.00. The number of halogens is 2. The first-order chi connectivity index (χ1) is 12.8. The van der Waals surface area contributed by atoms with E-state index in [0.717, 1.165) is 4.90 Å².